The first-order valence-electron chi connectivity index (χ1n) is 12.4. The first kappa shape index (κ1) is 26.4. The highest BCUT2D eigenvalue weighted by Crippen LogP contribution is 2.38. The van der Waals surface area contributed by atoms with Crippen LogP contribution in [0.5, 0.6) is 11.5 Å². The Kier molecular flexibility index (Phi) is 7.28. The number of nitriles is 1. The number of hydrogen-bond donors (Lipinski definition) is 1. The third-order valence-corrected chi connectivity index (χ3v) is 7.86. The molecule has 0 fully saturated rings. The van der Waals surface area contributed by atoms with Crippen LogP contribution in [0.15, 0.2) is 77.4 Å². The van der Waals surface area contributed by atoms with Crippen LogP contribution in [0.25, 0.3) is 21.9 Å². The number of methoxy groups -OCH3 is 1. The van der Waals surface area contributed by atoms with Gasteiger partial charge in [0.25, 0.3) is 0 Å². The van der Waals surface area contributed by atoms with Crippen molar-refractivity contribution >= 4 is 56.7 Å². The Balaban J connectivity index is 1.33. The van der Waals surface area contributed by atoms with E-state index in [4.69, 9.17) is 26.1 Å². The molecule has 0 spiro atoms. The molecule has 13 heteroatoms. The van der Waals surface area contributed by atoms with Gasteiger partial charge in [-0.1, -0.05) is 28.6 Å². The second-order valence-electron chi connectivity index (χ2n) is 8.92. The summed E-state index contributed by atoms with van der Waals surface area (Å²) in [5, 5.41) is 23.9. The fourth-order valence-electron chi connectivity index (χ4n) is 4.24. The summed E-state index contributed by atoms with van der Waals surface area (Å²) in [5.41, 5.74) is 2.83. The number of nitrogens with one attached hydrogen (secondary N) is 1. The molecule has 4 aromatic heterocycles. The third kappa shape index (κ3) is 5.45. The SMILES string of the molecule is COc1cc2cc3c(Nc4ccc(Sc5nccn5C)c(Cl)c4)c(C#N)cnc3nc2cc1OCCn1ccnn1. The van der Waals surface area contributed by atoms with Crippen molar-refractivity contribution in [3.8, 4) is 17.6 Å². The molecule has 0 saturated heterocycles. The molecule has 4 heterocycles. The maximum absolute atomic E-state index is 9.87. The summed E-state index contributed by atoms with van der Waals surface area (Å²) in [6.07, 6.45) is 8.52. The van der Waals surface area contributed by atoms with Crippen molar-refractivity contribution in [2.75, 3.05) is 19.0 Å². The molecule has 11 nitrogen and oxygen atoms in total. The Bertz CT molecular complexity index is 1920. The van der Waals surface area contributed by atoms with Crippen LogP contribution in [-0.4, -0.2) is 48.2 Å². The Labute approximate surface area is 243 Å². The Morgan fingerprint density at radius 1 is 1.10 bits per heavy atom. The number of halogens is 1. The highest BCUT2D eigenvalue weighted by Gasteiger charge is 2.16. The van der Waals surface area contributed by atoms with Crippen molar-refractivity contribution in [3.63, 3.8) is 0 Å². The largest absolute Gasteiger partial charge is 0.493 e. The summed E-state index contributed by atoms with van der Waals surface area (Å²) in [7, 11) is 3.51. The van der Waals surface area contributed by atoms with E-state index in [9.17, 15) is 5.26 Å². The summed E-state index contributed by atoms with van der Waals surface area (Å²) >= 11 is 8.10. The molecule has 0 radical (unpaired) electrons. The van der Waals surface area contributed by atoms with Crippen molar-refractivity contribution in [2.24, 2.45) is 7.05 Å². The Morgan fingerprint density at radius 2 is 2.00 bits per heavy atom. The van der Waals surface area contributed by atoms with Crippen molar-refractivity contribution in [1.82, 2.24) is 34.5 Å². The van der Waals surface area contributed by atoms with E-state index in [2.05, 4.69) is 31.7 Å². The molecule has 0 aliphatic carbocycles. The van der Waals surface area contributed by atoms with Crippen LogP contribution in [0, 0.1) is 11.3 Å². The fourth-order valence-corrected chi connectivity index (χ4v) is 5.34. The zero-order valence-electron chi connectivity index (χ0n) is 21.9. The number of rotatable bonds is 9. The minimum atomic E-state index is 0.373. The number of imidazole rings is 1. The smallest absolute Gasteiger partial charge is 0.172 e. The van der Waals surface area contributed by atoms with E-state index in [1.165, 1.54) is 18.0 Å². The standard InChI is InChI=1S/C28H22ClN9O2S/c1-37-7-5-31-28(37)41-25-4-3-19(13-21(25)29)34-26-18(15-30)16-32-27-20(26)11-17-12-23(39-2)24(14-22(17)35-27)40-10-9-38-8-6-33-36-38/h3-8,11-14,16H,9-10H2,1-2H3,(H,32,34,35). The lowest BCUT2D eigenvalue weighted by Gasteiger charge is -2.15. The molecule has 1 N–H and O–H groups in total. The second kappa shape index (κ2) is 11.3. The van der Waals surface area contributed by atoms with Crippen molar-refractivity contribution in [1.29, 1.82) is 5.26 Å². The van der Waals surface area contributed by atoms with E-state index in [0.29, 0.717) is 57.5 Å². The van der Waals surface area contributed by atoms with Gasteiger partial charge in [0.1, 0.15) is 12.7 Å². The van der Waals surface area contributed by atoms with Gasteiger partial charge in [0.05, 0.1) is 41.6 Å². The van der Waals surface area contributed by atoms with Gasteiger partial charge in [-0.3, -0.25) is 0 Å². The zero-order valence-corrected chi connectivity index (χ0v) is 23.5. The van der Waals surface area contributed by atoms with E-state index in [-0.39, 0.29) is 0 Å². The number of hydrogen-bond acceptors (Lipinski definition) is 10. The van der Waals surface area contributed by atoms with Crippen molar-refractivity contribution in [2.45, 2.75) is 16.6 Å². The first-order chi connectivity index (χ1) is 20.0. The predicted molar refractivity (Wildman–Crippen MR) is 156 cm³/mol. The minimum Gasteiger partial charge on any atom is -0.493 e. The van der Waals surface area contributed by atoms with E-state index in [1.54, 1.807) is 30.4 Å². The molecule has 0 saturated carbocycles. The van der Waals surface area contributed by atoms with Crippen molar-refractivity contribution < 1.29 is 9.47 Å². The predicted octanol–water partition coefficient (Wildman–Crippen LogP) is 5.62. The summed E-state index contributed by atoms with van der Waals surface area (Å²) in [5.74, 6) is 1.11. The normalized spacial score (nSPS) is 11.1. The van der Waals surface area contributed by atoms with Gasteiger partial charge in [-0.25, -0.2) is 19.6 Å². The molecule has 0 aliphatic rings. The summed E-state index contributed by atoms with van der Waals surface area (Å²) < 4.78 is 15.2. The zero-order chi connectivity index (χ0) is 28.3. The van der Waals surface area contributed by atoms with Gasteiger partial charge in [0.15, 0.2) is 22.3 Å². The molecule has 0 bridgehead atoms. The summed E-state index contributed by atoms with van der Waals surface area (Å²) in [4.78, 5) is 14.4. The van der Waals surface area contributed by atoms with Gasteiger partial charge in [-0.05, 0) is 30.3 Å². The molecule has 6 aromatic rings. The molecule has 2 aromatic carbocycles. The molecule has 0 aliphatic heterocycles. The Hall–Kier alpha value is -4.86. The fraction of sp³-hybridized carbons (Fsp3) is 0.143. The van der Waals surface area contributed by atoms with E-state index < -0.39 is 0 Å². The number of aryl methyl sites for hydroxylation is 1. The van der Waals surface area contributed by atoms with E-state index >= 15 is 0 Å². The number of fused-ring (bicyclic) bond motifs is 2. The lowest BCUT2D eigenvalue weighted by atomic mass is 10.1. The summed E-state index contributed by atoms with van der Waals surface area (Å²) in [6, 6.07) is 13.5. The third-order valence-electron chi connectivity index (χ3n) is 6.28. The molecule has 0 unspecified atom stereocenters. The molecule has 0 amide bonds. The van der Waals surface area contributed by atoms with Gasteiger partial charge in [-0.15, -0.1) is 5.10 Å². The molecule has 0 atom stereocenters. The molecular weight excluding hydrogens is 562 g/mol. The van der Waals surface area contributed by atoms with Gasteiger partial charge >= 0.3 is 0 Å². The number of pyridine rings is 2. The van der Waals surface area contributed by atoms with E-state index in [1.807, 2.05) is 54.2 Å². The molecule has 41 heavy (non-hydrogen) atoms. The van der Waals surface area contributed by atoms with Crippen LogP contribution in [0.2, 0.25) is 5.02 Å². The molecule has 6 rings (SSSR count). The molecular formula is C28H22ClN9O2S. The van der Waals surface area contributed by atoms with Crippen LogP contribution in [0.1, 0.15) is 5.56 Å². The average molecular weight is 584 g/mol. The van der Waals surface area contributed by atoms with Gasteiger partial charge in [-0.2, -0.15) is 5.26 Å². The average Bonchev–Trinajstić information content (AvgIpc) is 3.65. The second-order valence-corrected chi connectivity index (χ2v) is 10.3. The maximum atomic E-state index is 9.87. The van der Waals surface area contributed by atoms with Crippen molar-refractivity contribution in [3.05, 3.63) is 78.0 Å². The van der Waals surface area contributed by atoms with Crippen LogP contribution in [-0.2, 0) is 13.6 Å². The lowest BCUT2D eigenvalue weighted by molar-refractivity contribution is 0.273. The number of benzene rings is 2. The van der Waals surface area contributed by atoms with Crippen LogP contribution < -0.4 is 14.8 Å². The summed E-state index contributed by atoms with van der Waals surface area (Å²) in [6.45, 7) is 0.908. The Morgan fingerprint density at radius 3 is 2.73 bits per heavy atom. The van der Waals surface area contributed by atoms with E-state index in [0.717, 1.165) is 21.1 Å². The lowest BCUT2D eigenvalue weighted by Crippen LogP contribution is -2.09. The number of aromatic nitrogens is 7. The highest BCUT2D eigenvalue weighted by atomic mass is 35.5. The number of nitrogens with zero attached hydrogens (tertiary/aromatic N) is 8. The number of ether oxygens (including phenoxy) is 2. The quantitative estimate of drug-likeness (QED) is 0.214. The van der Waals surface area contributed by atoms with Gasteiger partial charge in [0.2, 0.25) is 0 Å². The monoisotopic (exact) mass is 583 g/mol. The maximum Gasteiger partial charge on any atom is 0.172 e. The minimum absolute atomic E-state index is 0.373. The van der Waals surface area contributed by atoms with Crippen LogP contribution >= 0.6 is 23.4 Å². The topological polar surface area (TPSA) is 129 Å². The van der Waals surface area contributed by atoms with Crippen LogP contribution in [0.3, 0.4) is 0 Å². The first-order valence-corrected chi connectivity index (χ1v) is 13.6. The van der Waals surface area contributed by atoms with Crippen LogP contribution in [0.4, 0.5) is 11.4 Å². The van der Waals surface area contributed by atoms with Gasteiger partial charge in [0, 0.05) is 59.3 Å². The highest BCUT2D eigenvalue weighted by molar-refractivity contribution is 7.99. The molecule has 204 valence electrons. The number of anilines is 2. The van der Waals surface area contributed by atoms with Gasteiger partial charge < -0.3 is 19.4 Å².